The highest BCUT2D eigenvalue weighted by Gasteiger charge is 2.30. The molecule has 0 radical (unpaired) electrons. The number of carbonyl (C=O) groups is 1. The lowest BCUT2D eigenvalue weighted by Crippen LogP contribution is -2.39. The van der Waals surface area contributed by atoms with Gasteiger partial charge in [-0.25, -0.2) is 0 Å². The van der Waals surface area contributed by atoms with Crippen LogP contribution in [0.1, 0.15) is 66.2 Å². The maximum absolute atomic E-state index is 12.2. The Kier molecular flexibility index (Phi) is 7.43. The SMILES string of the molecule is C=C(C)/C1=C/C=C(\C)CCC(=O)C(C)CCC(O)C(C)(O)CC1. The standard InChI is InChI=1S/C20H32O3/c1-14(2)17-9-6-15(3)7-10-18(21)16(4)8-11-19(22)20(5,23)13-12-17/h6,9,16,19,22-23H,1,7-8,10-13H2,2-5H3/b15-6+,17-9+. The van der Waals surface area contributed by atoms with E-state index < -0.39 is 11.7 Å². The van der Waals surface area contributed by atoms with Gasteiger partial charge in [-0.2, -0.15) is 0 Å². The van der Waals surface area contributed by atoms with Crippen molar-refractivity contribution < 1.29 is 15.0 Å². The number of carbonyl (C=O) groups excluding carboxylic acids is 1. The molecule has 2 N–H and O–H groups in total. The Morgan fingerprint density at radius 1 is 1.26 bits per heavy atom. The van der Waals surface area contributed by atoms with E-state index in [0.717, 1.165) is 17.6 Å². The zero-order valence-corrected chi connectivity index (χ0v) is 15.1. The third-order valence-corrected chi connectivity index (χ3v) is 4.92. The van der Waals surface area contributed by atoms with Gasteiger partial charge in [-0.3, -0.25) is 4.79 Å². The van der Waals surface area contributed by atoms with E-state index in [9.17, 15) is 15.0 Å². The monoisotopic (exact) mass is 320 g/mol. The molecule has 0 saturated heterocycles. The van der Waals surface area contributed by atoms with Gasteiger partial charge in [0.05, 0.1) is 11.7 Å². The molecule has 0 aromatic heterocycles. The summed E-state index contributed by atoms with van der Waals surface area (Å²) in [6.07, 6.45) is 6.76. The van der Waals surface area contributed by atoms with Crippen LogP contribution in [-0.2, 0) is 4.79 Å². The van der Waals surface area contributed by atoms with Crippen LogP contribution >= 0.6 is 0 Å². The van der Waals surface area contributed by atoms with E-state index in [1.54, 1.807) is 6.92 Å². The van der Waals surface area contributed by atoms with Crippen molar-refractivity contribution in [1.29, 1.82) is 0 Å². The van der Waals surface area contributed by atoms with E-state index in [-0.39, 0.29) is 11.7 Å². The summed E-state index contributed by atoms with van der Waals surface area (Å²) in [4.78, 5) is 12.2. The molecule has 0 aromatic carbocycles. The van der Waals surface area contributed by atoms with Gasteiger partial charge >= 0.3 is 0 Å². The largest absolute Gasteiger partial charge is 0.390 e. The molecule has 3 atom stereocenters. The molecule has 3 nitrogen and oxygen atoms in total. The van der Waals surface area contributed by atoms with Crippen molar-refractivity contribution in [2.45, 2.75) is 77.9 Å². The Morgan fingerprint density at radius 3 is 2.52 bits per heavy atom. The minimum absolute atomic E-state index is 0.0716. The zero-order valence-electron chi connectivity index (χ0n) is 15.1. The first-order valence-electron chi connectivity index (χ1n) is 8.59. The quantitative estimate of drug-likeness (QED) is 0.764. The Morgan fingerprint density at radius 2 is 1.91 bits per heavy atom. The van der Waals surface area contributed by atoms with Crippen molar-refractivity contribution >= 4 is 5.78 Å². The van der Waals surface area contributed by atoms with Crippen molar-refractivity contribution in [3.63, 3.8) is 0 Å². The summed E-state index contributed by atoms with van der Waals surface area (Å²) >= 11 is 0. The number of hydrogen-bond acceptors (Lipinski definition) is 3. The number of ketones is 1. The highest BCUT2D eigenvalue weighted by molar-refractivity contribution is 5.80. The Labute approximate surface area is 140 Å². The van der Waals surface area contributed by atoms with Crippen LogP contribution in [0.4, 0.5) is 0 Å². The topological polar surface area (TPSA) is 57.5 Å². The van der Waals surface area contributed by atoms with Crippen LogP contribution in [0.15, 0.2) is 35.5 Å². The third kappa shape index (κ3) is 6.44. The number of aliphatic hydroxyl groups excluding tert-OH is 1. The van der Waals surface area contributed by atoms with E-state index in [0.29, 0.717) is 32.1 Å². The average Bonchev–Trinajstić information content (AvgIpc) is 2.48. The maximum Gasteiger partial charge on any atom is 0.136 e. The Balaban J connectivity index is 3.03. The molecule has 0 bridgehead atoms. The first-order valence-corrected chi connectivity index (χ1v) is 8.59. The highest BCUT2D eigenvalue weighted by Crippen LogP contribution is 2.27. The summed E-state index contributed by atoms with van der Waals surface area (Å²) in [5.41, 5.74) is 2.07. The van der Waals surface area contributed by atoms with E-state index in [4.69, 9.17) is 0 Å². The molecule has 0 aliphatic heterocycles. The summed E-state index contributed by atoms with van der Waals surface area (Å²) in [5.74, 6) is 0.156. The highest BCUT2D eigenvalue weighted by atomic mass is 16.3. The van der Waals surface area contributed by atoms with Gasteiger partial charge < -0.3 is 10.2 Å². The van der Waals surface area contributed by atoms with Crippen LogP contribution in [0.5, 0.6) is 0 Å². The molecule has 23 heavy (non-hydrogen) atoms. The molecule has 130 valence electrons. The molecule has 0 aromatic rings. The Bertz CT molecular complexity index is 497. The van der Waals surface area contributed by atoms with E-state index in [1.807, 2.05) is 32.9 Å². The number of allylic oxidation sites excluding steroid dienone is 5. The van der Waals surface area contributed by atoms with Gasteiger partial charge in [0.2, 0.25) is 0 Å². The van der Waals surface area contributed by atoms with E-state index in [2.05, 4.69) is 6.58 Å². The van der Waals surface area contributed by atoms with Crippen molar-refractivity contribution in [3.05, 3.63) is 35.5 Å². The van der Waals surface area contributed by atoms with Crippen molar-refractivity contribution in [2.75, 3.05) is 0 Å². The lowest BCUT2D eigenvalue weighted by molar-refractivity contribution is -0.123. The van der Waals surface area contributed by atoms with Gasteiger partial charge in [-0.1, -0.05) is 36.8 Å². The number of rotatable bonds is 1. The molecule has 0 heterocycles. The molecular formula is C20H32O3. The second-order valence-corrected chi connectivity index (χ2v) is 7.30. The molecule has 3 heteroatoms. The van der Waals surface area contributed by atoms with Crippen molar-refractivity contribution in [3.8, 4) is 0 Å². The third-order valence-electron chi connectivity index (χ3n) is 4.92. The molecule has 1 aliphatic carbocycles. The van der Waals surface area contributed by atoms with Crippen LogP contribution in [0.25, 0.3) is 0 Å². The molecule has 0 amide bonds. The predicted molar refractivity (Wildman–Crippen MR) is 95.2 cm³/mol. The average molecular weight is 320 g/mol. The van der Waals surface area contributed by atoms with Gasteiger partial charge in [0.25, 0.3) is 0 Å². The Hall–Kier alpha value is -1.19. The molecular weight excluding hydrogens is 288 g/mol. The van der Waals surface area contributed by atoms with Crippen molar-refractivity contribution in [2.24, 2.45) is 5.92 Å². The fourth-order valence-corrected chi connectivity index (χ4v) is 2.77. The summed E-state index contributed by atoms with van der Waals surface area (Å²) in [6, 6.07) is 0. The molecule has 0 spiro atoms. The van der Waals surface area contributed by atoms with Gasteiger partial charge in [0.1, 0.15) is 5.78 Å². The molecule has 1 aliphatic rings. The number of hydrogen-bond donors (Lipinski definition) is 2. The predicted octanol–water partition coefficient (Wildman–Crippen LogP) is 4.11. The lowest BCUT2D eigenvalue weighted by atomic mass is 9.85. The fourth-order valence-electron chi connectivity index (χ4n) is 2.77. The van der Waals surface area contributed by atoms with E-state index in [1.165, 1.54) is 5.57 Å². The lowest BCUT2D eigenvalue weighted by Gasteiger charge is -2.30. The summed E-state index contributed by atoms with van der Waals surface area (Å²) in [5, 5.41) is 20.9. The van der Waals surface area contributed by atoms with Gasteiger partial charge in [0, 0.05) is 12.3 Å². The fraction of sp³-hybridized carbons (Fsp3) is 0.650. The van der Waals surface area contributed by atoms with Crippen LogP contribution in [0.3, 0.4) is 0 Å². The number of aliphatic hydroxyl groups is 2. The van der Waals surface area contributed by atoms with Crippen LogP contribution in [0.2, 0.25) is 0 Å². The van der Waals surface area contributed by atoms with Crippen LogP contribution < -0.4 is 0 Å². The number of Topliss-reactive ketones (excluding diaryl/α,β-unsaturated/α-hetero) is 1. The summed E-state index contributed by atoms with van der Waals surface area (Å²) in [6.45, 7) is 11.6. The molecule has 0 saturated carbocycles. The molecule has 3 unspecified atom stereocenters. The first kappa shape index (κ1) is 19.9. The molecule has 1 rings (SSSR count). The minimum Gasteiger partial charge on any atom is -0.390 e. The molecule has 0 fully saturated rings. The summed E-state index contributed by atoms with van der Waals surface area (Å²) in [7, 11) is 0. The van der Waals surface area contributed by atoms with Gasteiger partial charge in [-0.15, -0.1) is 0 Å². The zero-order chi connectivity index (χ0) is 17.6. The van der Waals surface area contributed by atoms with Gasteiger partial charge in [0.15, 0.2) is 0 Å². The maximum atomic E-state index is 12.2. The second-order valence-electron chi connectivity index (χ2n) is 7.30. The van der Waals surface area contributed by atoms with Crippen molar-refractivity contribution in [1.82, 2.24) is 0 Å². The summed E-state index contributed by atoms with van der Waals surface area (Å²) < 4.78 is 0. The van der Waals surface area contributed by atoms with Gasteiger partial charge in [-0.05, 0) is 58.4 Å². The minimum atomic E-state index is -1.15. The second kappa shape index (κ2) is 8.60. The smallest absolute Gasteiger partial charge is 0.136 e. The van der Waals surface area contributed by atoms with E-state index >= 15 is 0 Å². The first-order chi connectivity index (χ1) is 10.6. The van der Waals surface area contributed by atoms with Crippen LogP contribution in [-0.4, -0.2) is 27.7 Å². The normalized spacial score (nSPS) is 36.3. The van der Waals surface area contributed by atoms with Crippen LogP contribution in [0, 0.1) is 5.92 Å².